The predicted octanol–water partition coefficient (Wildman–Crippen LogP) is 2.59. The van der Waals surface area contributed by atoms with Crippen LogP contribution in [0.15, 0.2) is 4.99 Å². The molecule has 154 valence electrons. The Morgan fingerprint density at radius 3 is 2.38 bits per heavy atom. The summed E-state index contributed by atoms with van der Waals surface area (Å²) in [5, 5.41) is 9.44. The number of piperidine rings is 1. The Kier molecular flexibility index (Phi) is 13.3. The fraction of sp³-hybridized carbons (Fsp3) is 0.895. The van der Waals surface area contributed by atoms with Crippen LogP contribution in [-0.2, 0) is 4.79 Å². The average molecular weight is 481 g/mol. The summed E-state index contributed by atoms with van der Waals surface area (Å²) in [5.41, 5.74) is -0.218. The number of carbonyl (C=O) groups excluding carboxylic acids is 1. The maximum atomic E-state index is 11.9. The van der Waals surface area contributed by atoms with Crippen molar-refractivity contribution in [1.82, 2.24) is 20.9 Å². The summed E-state index contributed by atoms with van der Waals surface area (Å²) in [6, 6.07) is 0. The van der Waals surface area contributed by atoms with E-state index >= 15 is 0 Å². The summed E-state index contributed by atoms with van der Waals surface area (Å²) >= 11 is 0. The number of carbonyl (C=O) groups is 1. The highest BCUT2D eigenvalue weighted by atomic mass is 127. The second kappa shape index (κ2) is 13.6. The number of halogens is 1. The third-order valence-electron chi connectivity index (χ3n) is 4.31. The Morgan fingerprint density at radius 2 is 1.81 bits per heavy atom. The molecular formula is C19H40IN5O. The minimum absolute atomic E-state index is 0. The van der Waals surface area contributed by atoms with Gasteiger partial charge in [0.05, 0.1) is 0 Å². The van der Waals surface area contributed by atoms with E-state index in [0.29, 0.717) is 0 Å². The first-order chi connectivity index (χ1) is 11.8. The van der Waals surface area contributed by atoms with E-state index in [9.17, 15) is 4.79 Å². The SMILES string of the molecule is CCNC(=NCC(=O)NC(C)(C)C)NCCCCN1CCC(C)CC1.I. The molecule has 1 fully saturated rings. The summed E-state index contributed by atoms with van der Waals surface area (Å²) in [7, 11) is 0. The van der Waals surface area contributed by atoms with E-state index < -0.39 is 0 Å². The van der Waals surface area contributed by atoms with Crippen LogP contribution in [0.1, 0.15) is 60.3 Å². The number of likely N-dealkylation sites (tertiary alicyclic amines) is 1. The smallest absolute Gasteiger partial charge is 0.242 e. The molecule has 1 aliphatic rings. The van der Waals surface area contributed by atoms with Crippen molar-refractivity contribution >= 4 is 35.8 Å². The van der Waals surface area contributed by atoms with Crippen LogP contribution < -0.4 is 16.0 Å². The Labute approximate surface area is 177 Å². The summed E-state index contributed by atoms with van der Waals surface area (Å²) in [6.07, 6.45) is 4.99. The van der Waals surface area contributed by atoms with E-state index in [1.165, 1.54) is 38.9 Å². The van der Waals surface area contributed by atoms with E-state index in [1.807, 2.05) is 27.7 Å². The highest BCUT2D eigenvalue weighted by molar-refractivity contribution is 14.0. The Hall–Kier alpha value is -0.570. The van der Waals surface area contributed by atoms with Crippen LogP contribution in [0.2, 0.25) is 0 Å². The molecule has 1 amide bonds. The van der Waals surface area contributed by atoms with Crippen LogP contribution in [0.4, 0.5) is 0 Å². The van der Waals surface area contributed by atoms with Gasteiger partial charge in [0.2, 0.25) is 5.91 Å². The molecule has 1 heterocycles. The van der Waals surface area contributed by atoms with Crippen molar-refractivity contribution in [1.29, 1.82) is 0 Å². The predicted molar refractivity (Wildman–Crippen MR) is 121 cm³/mol. The maximum Gasteiger partial charge on any atom is 0.242 e. The van der Waals surface area contributed by atoms with Gasteiger partial charge in [-0.15, -0.1) is 24.0 Å². The fourth-order valence-corrected chi connectivity index (χ4v) is 2.90. The van der Waals surface area contributed by atoms with Gasteiger partial charge in [0.25, 0.3) is 0 Å². The Bertz CT molecular complexity index is 415. The topological polar surface area (TPSA) is 68.8 Å². The number of rotatable bonds is 8. The largest absolute Gasteiger partial charge is 0.357 e. The van der Waals surface area contributed by atoms with Crippen molar-refractivity contribution in [3.8, 4) is 0 Å². The Balaban J connectivity index is 0.00000625. The van der Waals surface area contributed by atoms with Crippen molar-refractivity contribution < 1.29 is 4.79 Å². The minimum atomic E-state index is -0.218. The van der Waals surface area contributed by atoms with E-state index in [2.05, 4.69) is 32.8 Å². The van der Waals surface area contributed by atoms with Crippen LogP contribution in [0.25, 0.3) is 0 Å². The molecule has 0 aromatic rings. The summed E-state index contributed by atoms with van der Waals surface area (Å²) in [4.78, 5) is 18.8. The molecule has 0 radical (unpaired) electrons. The first-order valence-electron chi connectivity index (χ1n) is 9.85. The second-order valence-corrected chi connectivity index (χ2v) is 8.15. The van der Waals surface area contributed by atoms with Crippen LogP contribution >= 0.6 is 24.0 Å². The summed E-state index contributed by atoms with van der Waals surface area (Å²) in [6.45, 7) is 15.8. The van der Waals surface area contributed by atoms with Gasteiger partial charge in [-0.05, 0) is 78.9 Å². The van der Waals surface area contributed by atoms with Crippen LogP contribution in [0.3, 0.4) is 0 Å². The molecule has 0 unspecified atom stereocenters. The van der Waals surface area contributed by atoms with Crippen LogP contribution in [0, 0.1) is 5.92 Å². The lowest BCUT2D eigenvalue weighted by atomic mass is 9.99. The second-order valence-electron chi connectivity index (χ2n) is 8.15. The molecule has 0 spiro atoms. The van der Waals surface area contributed by atoms with Gasteiger partial charge < -0.3 is 20.9 Å². The minimum Gasteiger partial charge on any atom is -0.357 e. The van der Waals surface area contributed by atoms with E-state index in [1.54, 1.807) is 0 Å². The zero-order valence-corrected chi connectivity index (χ0v) is 19.7. The lowest BCUT2D eigenvalue weighted by Gasteiger charge is -2.30. The molecular weight excluding hydrogens is 441 g/mol. The van der Waals surface area contributed by atoms with Gasteiger partial charge in [-0.1, -0.05) is 6.92 Å². The number of hydrogen-bond donors (Lipinski definition) is 3. The van der Waals surface area contributed by atoms with Gasteiger partial charge in [-0.25, -0.2) is 4.99 Å². The molecule has 0 atom stereocenters. The zero-order chi connectivity index (χ0) is 18.7. The molecule has 26 heavy (non-hydrogen) atoms. The van der Waals surface area contributed by atoms with Crippen LogP contribution in [0.5, 0.6) is 0 Å². The number of amides is 1. The molecule has 1 aliphatic heterocycles. The zero-order valence-electron chi connectivity index (χ0n) is 17.4. The number of hydrogen-bond acceptors (Lipinski definition) is 3. The van der Waals surface area contributed by atoms with Gasteiger partial charge in [0.15, 0.2) is 5.96 Å². The molecule has 6 nitrogen and oxygen atoms in total. The molecule has 0 aromatic carbocycles. The van der Waals surface area contributed by atoms with E-state index in [0.717, 1.165) is 31.4 Å². The van der Waals surface area contributed by atoms with Gasteiger partial charge in [-0.3, -0.25) is 4.79 Å². The van der Waals surface area contributed by atoms with Crippen molar-refractivity contribution in [2.45, 2.75) is 65.8 Å². The standard InChI is InChI=1S/C19H39N5O.HI/c1-6-20-18(22-15-17(25)23-19(3,4)5)21-11-7-8-12-24-13-9-16(2)10-14-24;/h16H,6-15H2,1-5H3,(H,23,25)(H2,20,21,22);1H. The molecule has 1 rings (SSSR count). The molecule has 1 saturated heterocycles. The number of guanidine groups is 1. The third kappa shape index (κ3) is 12.7. The number of unbranched alkanes of at least 4 members (excludes halogenated alkanes) is 1. The highest BCUT2D eigenvalue weighted by Crippen LogP contribution is 2.15. The number of aliphatic imine (C=N–C) groups is 1. The molecule has 0 aromatic heterocycles. The summed E-state index contributed by atoms with van der Waals surface area (Å²) < 4.78 is 0. The highest BCUT2D eigenvalue weighted by Gasteiger charge is 2.15. The van der Waals surface area contributed by atoms with Gasteiger partial charge in [0.1, 0.15) is 6.54 Å². The quantitative estimate of drug-likeness (QED) is 0.216. The lowest BCUT2D eigenvalue weighted by Crippen LogP contribution is -2.43. The van der Waals surface area contributed by atoms with Gasteiger partial charge in [-0.2, -0.15) is 0 Å². The maximum absolute atomic E-state index is 11.9. The first-order valence-corrected chi connectivity index (χ1v) is 9.85. The number of nitrogens with zero attached hydrogens (tertiary/aromatic N) is 2. The molecule has 3 N–H and O–H groups in total. The average Bonchev–Trinajstić information content (AvgIpc) is 2.52. The normalized spacial score (nSPS) is 16.7. The monoisotopic (exact) mass is 481 g/mol. The Morgan fingerprint density at radius 1 is 1.15 bits per heavy atom. The first kappa shape index (κ1) is 25.4. The van der Waals surface area contributed by atoms with Crippen molar-refractivity contribution in [3.63, 3.8) is 0 Å². The molecule has 0 aliphatic carbocycles. The van der Waals surface area contributed by atoms with E-state index in [-0.39, 0.29) is 42.0 Å². The molecule has 0 saturated carbocycles. The van der Waals surface area contributed by atoms with Crippen molar-refractivity contribution in [3.05, 3.63) is 0 Å². The van der Waals surface area contributed by atoms with Crippen LogP contribution in [-0.4, -0.2) is 61.6 Å². The van der Waals surface area contributed by atoms with Crippen molar-refractivity contribution in [2.24, 2.45) is 10.9 Å². The molecule has 7 heteroatoms. The van der Waals surface area contributed by atoms with E-state index in [4.69, 9.17) is 0 Å². The lowest BCUT2D eigenvalue weighted by molar-refractivity contribution is -0.121. The van der Waals surface area contributed by atoms with Gasteiger partial charge >= 0.3 is 0 Å². The molecule has 0 bridgehead atoms. The third-order valence-corrected chi connectivity index (χ3v) is 4.31. The van der Waals surface area contributed by atoms with Gasteiger partial charge in [0, 0.05) is 18.6 Å². The summed E-state index contributed by atoms with van der Waals surface area (Å²) in [5.74, 6) is 1.56. The fourth-order valence-electron chi connectivity index (χ4n) is 2.90. The number of nitrogens with one attached hydrogen (secondary N) is 3. The van der Waals surface area contributed by atoms with Crippen molar-refractivity contribution in [2.75, 3.05) is 39.3 Å².